The third-order valence-electron chi connectivity index (χ3n) is 7.07. The molecule has 234 valence electrons. The Kier molecular flexibility index (Phi) is 9.85. The van der Waals surface area contributed by atoms with Gasteiger partial charge in [0.15, 0.2) is 52.6 Å². The highest BCUT2D eigenvalue weighted by molar-refractivity contribution is 5.90. The number of carbonyl (C=O) groups is 1. The molecule has 1 atom stereocenters. The van der Waals surface area contributed by atoms with Crippen LogP contribution in [0.4, 0.5) is 48.3 Å². The first-order chi connectivity index (χ1) is 20.8. The fourth-order valence-electron chi connectivity index (χ4n) is 4.72. The molecule has 3 aromatic carbocycles. The summed E-state index contributed by atoms with van der Waals surface area (Å²) in [6.07, 6.45) is 2.29. The van der Waals surface area contributed by atoms with Crippen molar-refractivity contribution in [3.05, 3.63) is 122 Å². The second-order valence-corrected chi connectivity index (χ2v) is 9.91. The number of ether oxygens (including phenoxy) is 1. The quantitative estimate of drug-likeness (QED) is 0.0771. The smallest absolute Gasteiger partial charge is 0.339 e. The summed E-state index contributed by atoms with van der Waals surface area (Å²) in [6, 6.07) is 4.41. The fourth-order valence-corrected chi connectivity index (χ4v) is 4.72. The summed E-state index contributed by atoms with van der Waals surface area (Å²) in [5, 5.41) is 0. The van der Waals surface area contributed by atoms with Crippen LogP contribution in [0.15, 0.2) is 42.0 Å². The lowest BCUT2D eigenvalue weighted by atomic mass is 9.89. The summed E-state index contributed by atoms with van der Waals surface area (Å²) in [5.41, 5.74) is -3.50. The van der Waals surface area contributed by atoms with E-state index in [4.69, 9.17) is 4.74 Å². The Labute approximate surface area is 243 Å². The SMILES string of the molecule is CCCCCC1=CC=C(c2ccc(C(=O)OC(c3c(F)c(F)c(F)c(F)c3F)c3c(F)c(F)c(F)c(F)c3F)cc2)C(F)C1. The van der Waals surface area contributed by atoms with Crippen molar-refractivity contribution in [3.8, 4) is 0 Å². The van der Waals surface area contributed by atoms with Gasteiger partial charge in [-0.1, -0.05) is 49.6 Å². The summed E-state index contributed by atoms with van der Waals surface area (Å²) < 4.78 is 162. The molecule has 0 radical (unpaired) electrons. The summed E-state index contributed by atoms with van der Waals surface area (Å²) in [7, 11) is 0. The van der Waals surface area contributed by atoms with Gasteiger partial charge in [0.05, 0.1) is 16.7 Å². The highest BCUT2D eigenvalue weighted by atomic mass is 19.2. The number of unbranched alkanes of at least 4 members (excludes halogenated alkanes) is 2. The average molecular weight is 634 g/mol. The second kappa shape index (κ2) is 13.2. The first-order valence-corrected chi connectivity index (χ1v) is 13.2. The van der Waals surface area contributed by atoms with Crippen molar-refractivity contribution in [1.29, 1.82) is 0 Å². The van der Waals surface area contributed by atoms with Crippen molar-refractivity contribution in [1.82, 2.24) is 0 Å². The van der Waals surface area contributed by atoms with Gasteiger partial charge in [0.2, 0.25) is 11.6 Å². The summed E-state index contributed by atoms with van der Waals surface area (Å²) in [6.45, 7) is 2.03. The minimum absolute atomic E-state index is 0.130. The number of rotatable bonds is 9. The van der Waals surface area contributed by atoms with E-state index >= 15 is 0 Å². The van der Waals surface area contributed by atoms with Gasteiger partial charge in [-0.2, -0.15) is 0 Å². The maximum absolute atomic E-state index is 14.9. The molecule has 4 rings (SSSR count). The van der Waals surface area contributed by atoms with Crippen molar-refractivity contribution in [2.75, 3.05) is 0 Å². The number of hydrogen-bond acceptors (Lipinski definition) is 2. The molecule has 1 unspecified atom stereocenters. The van der Waals surface area contributed by atoms with E-state index in [0.29, 0.717) is 0 Å². The molecule has 0 N–H and O–H groups in total. The molecule has 0 saturated carbocycles. The Morgan fingerprint density at radius 2 is 1.16 bits per heavy atom. The van der Waals surface area contributed by atoms with Crippen molar-refractivity contribution in [3.63, 3.8) is 0 Å². The Morgan fingerprint density at radius 1 is 0.705 bits per heavy atom. The van der Waals surface area contributed by atoms with Gasteiger partial charge < -0.3 is 4.74 Å². The molecule has 0 spiro atoms. The van der Waals surface area contributed by atoms with Gasteiger partial charge in [-0.25, -0.2) is 53.1 Å². The van der Waals surface area contributed by atoms with E-state index in [1.165, 1.54) is 12.1 Å². The van der Waals surface area contributed by atoms with E-state index in [0.717, 1.165) is 43.4 Å². The van der Waals surface area contributed by atoms with Gasteiger partial charge in [-0.05, 0) is 36.1 Å². The van der Waals surface area contributed by atoms with Crippen LogP contribution in [-0.2, 0) is 4.74 Å². The van der Waals surface area contributed by atoms with Crippen LogP contribution in [0.1, 0.15) is 72.2 Å². The molecule has 44 heavy (non-hydrogen) atoms. The zero-order valence-corrected chi connectivity index (χ0v) is 22.6. The number of halogens is 11. The second-order valence-electron chi connectivity index (χ2n) is 9.91. The number of carbonyl (C=O) groups excluding carboxylic acids is 1. The summed E-state index contributed by atoms with van der Waals surface area (Å²) >= 11 is 0. The van der Waals surface area contributed by atoms with E-state index in [1.807, 2.05) is 6.92 Å². The highest BCUT2D eigenvalue weighted by Gasteiger charge is 2.40. The molecule has 0 heterocycles. The molecule has 0 saturated heterocycles. The fraction of sp³-hybridized carbons (Fsp3) is 0.258. The zero-order chi connectivity index (χ0) is 32.5. The van der Waals surface area contributed by atoms with Crippen LogP contribution < -0.4 is 0 Å². The first kappa shape index (κ1) is 32.7. The lowest BCUT2D eigenvalue weighted by Gasteiger charge is -2.22. The number of esters is 1. The molecular weight excluding hydrogens is 613 g/mol. The van der Waals surface area contributed by atoms with Crippen molar-refractivity contribution >= 4 is 11.5 Å². The Morgan fingerprint density at radius 3 is 1.59 bits per heavy atom. The number of hydrogen-bond donors (Lipinski definition) is 0. The molecule has 1 aliphatic carbocycles. The van der Waals surface area contributed by atoms with Gasteiger partial charge in [-0.3, -0.25) is 0 Å². The van der Waals surface area contributed by atoms with E-state index in [-0.39, 0.29) is 17.6 Å². The number of benzene rings is 3. The molecule has 13 heteroatoms. The molecule has 2 nitrogen and oxygen atoms in total. The lowest BCUT2D eigenvalue weighted by Crippen LogP contribution is -2.22. The van der Waals surface area contributed by atoms with Gasteiger partial charge in [0.1, 0.15) is 6.17 Å². The Bertz CT molecular complexity index is 1530. The maximum Gasteiger partial charge on any atom is 0.339 e. The zero-order valence-electron chi connectivity index (χ0n) is 22.6. The Balaban J connectivity index is 1.73. The predicted octanol–water partition coefficient (Wildman–Crippen LogP) is 9.66. The topological polar surface area (TPSA) is 26.3 Å². The van der Waals surface area contributed by atoms with Crippen molar-refractivity contribution in [2.45, 2.75) is 51.3 Å². The normalized spacial score (nSPS) is 15.0. The van der Waals surface area contributed by atoms with E-state index < -0.39 is 93.1 Å². The summed E-state index contributed by atoms with van der Waals surface area (Å²) in [4.78, 5) is 12.9. The Hall–Kier alpha value is -4.16. The largest absolute Gasteiger partial charge is 0.448 e. The maximum atomic E-state index is 14.9. The monoisotopic (exact) mass is 634 g/mol. The van der Waals surface area contributed by atoms with Crippen LogP contribution in [0, 0.1) is 58.2 Å². The lowest BCUT2D eigenvalue weighted by molar-refractivity contribution is 0.0345. The van der Waals surface area contributed by atoms with E-state index in [2.05, 4.69) is 0 Å². The highest BCUT2D eigenvalue weighted by Crippen LogP contribution is 2.39. The standard InChI is InChI=1S/C31H21F11O2/c1-2-3-4-5-13-6-11-16(17(32)12-13)14-7-9-15(10-8-14)31(43)44-30(18-20(33)24(37)28(41)25(38)21(18)34)19-22(35)26(39)29(42)27(40)23(19)36/h6-11,17,30H,2-5,12H2,1H3. The number of alkyl halides is 1. The van der Waals surface area contributed by atoms with Crippen LogP contribution in [0.25, 0.3) is 5.57 Å². The van der Waals surface area contributed by atoms with Crippen LogP contribution in [0.3, 0.4) is 0 Å². The molecule has 0 bridgehead atoms. The molecule has 0 fully saturated rings. The van der Waals surface area contributed by atoms with Crippen LogP contribution >= 0.6 is 0 Å². The van der Waals surface area contributed by atoms with Crippen molar-refractivity contribution in [2.24, 2.45) is 0 Å². The van der Waals surface area contributed by atoms with Crippen LogP contribution in [0.5, 0.6) is 0 Å². The van der Waals surface area contributed by atoms with Crippen LogP contribution in [0.2, 0.25) is 0 Å². The van der Waals surface area contributed by atoms with Gasteiger partial charge in [-0.15, -0.1) is 0 Å². The minimum Gasteiger partial charge on any atom is -0.448 e. The van der Waals surface area contributed by atoms with Crippen LogP contribution in [-0.4, -0.2) is 12.1 Å². The molecule has 3 aromatic rings. The number of allylic oxidation sites excluding steroid dienone is 4. The third kappa shape index (κ3) is 6.09. The molecule has 0 aromatic heterocycles. The molecule has 1 aliphatic rings. The van der Waals surface area contributed by atoms with Crippen molar-refractivity contribution < 1.29 is 57.8 Å². The molecule has 0 aliphatic heterocycles. The van der Waals surface area contributed by atoms with E-state index in [9.17, 15) is 53.1 Å². The molecular formula is C31H21F11O2. The third-order valence-corrected chi connectivity index (χ3v) is 7.07. The minimum atomic E-state index is -3.34. The van der Waals surface area contributed by atoms with E-state index in [1.54, 1.807) is 12.2 Å². The summed E-state index contributed by atoms with van der Waals surface area (Å²) in [5.74, 6) is -28.7. The van der Waals surface area contributed by atoms with Gasteiger partial charge in [0.25, 0.3) is 0 Å². The predicted molar refractivity (Wildman–Crippen MR) is 136 cm³/mol. The van der Waals surface area contributed by atoms with Gasteiger partial charge >= 0.3 is 5.97 Å². The molecule has 0 amide bonds. The first-order valence-electron chi connectivity index (χ1n) is 13.2. The van der Waals surface area contributed by atoms with Gasteiger partial charge in [0, 0.05) is 6.42 Å². The average Bonchev–Trinajstić information content (AvgIpc) is 3.01.